The first-order valence-corrected chi connectivity index (χ1v) is 10.9. The van der Waals surface area contributed by atoms with Crippen LogP contribution in [0.1, 0.15) is 44.8 Å². The summed E-state index contributed by atoms with van der Waals surface area (Å²) in [7, 11) is 1.65. The molecule has 1 aliphatic carbocycles. The molecule has 0 saturated heterocycles. The van der Waals surface area contributed by atoms with Crippen LogP contribution in [0.25, 0.3) is 27.8 Å². The van der Waals surface area contributed by atoms with Gasteiger partial charge < -0.3 is 9.30 Å². The number of fused-ring (bicyclic) bond motifs is 3. The predicted octanol–water partition coefficient (Wildman–Crippen LogP) is 4.25. The minimum absolute atomic E-state index is 0.0945. The van der Waals surface area contributed by atoms with E-state index in [4.69, 9.17) is 9.84 Å². The molecular weight excluding hydrogens is 390 g/mol. The Morgan fingerprint density at radius 1 is 1.10 bits per heavy atom. The molecule has 3 atom stereocenters. The monoisotopic (exact) mass is 417 g/mol. The quantitative estimate of drug-likeness (QED) is 0.496. The summed E-state index contributed by atoms with van der Waals surface area (Å²) in [6.07, 6.45) is 5.29. The fourth-order valence-electron chi connectivity index (χ4n) is 4.95. The highest BCUT2D eigenvalue weighted by Crippen LogP contribution is 2.37. The molecule has 1 aliphatic rings. The third kappa shape index (κ3) is 3.24. The van der Waals surface area contributed by atoms with Crippen LogP contribution in [0.5, 0.6) is 0 Å². The summed E-state index contributed by atoms with van der Waals surface area (Å²) < 4.78 is 8.98. The molecule has 160 valence electrons. The van der Waals surface area contributed by atoms with Gasteiger partial charge in [-0.05, 0) is 29.9 Å². The van der Waals surface area contributed by atoms with Crippen LogP contribution < -0.4 is 5.56 Å². The summed E-state index contributed by atoms with van der Waals surface area (Å²) in [6.45, 7) is 4.87. The maximum absolute atomic E-state index is 13.4. The highest BCUT2D eigenvalue weighted by molar-refractivity contribution is 5.84. The number of nitrogens with zero attached hydrogens (tertiary/aromatic N) is 5. The molecule has 0 N–H and O–H groups in total. The molecule has 0 unspecified atom stereocenters. The summed E-state index contributed by atoms with van der Waals surface area (Å²) in [4.78, 5) is 13.4. The molecule has 31 heavy (non-hydrogen) atoms. The summed E-state index contributed by atoms with van der Waals surface area (Å²) in [6, 6.07) is 12.1. The lowest BCUT2D eigenvalue weighted by molar-refractivity contribution is 0.181. The van der Waals surface area contributed by atoms with Crippen LogP contribution in [0, 0.1) is 11.8 Å². The van der Waals surface area contributed by atoms with E-state index in [1.54, 1.807) is 11.6 Å². The van der Waals surface area contributed by atoms with Gasteiger partial charge in [0.05, 0.1) is 17.9 Å². The van der Waals surface area contributed by atoms with Crippen LogP contribution in [0.2, 0.25) is 0 Å². The van der Waals surface area contributed by atoms with E-state index in [2.05, 4.69) is 24.0 Å². The second kappa shape index (κ2) is 7.89. The fraction of sp³-hybridized carbons (Fsp3) is 0.417. The van der Waals surface area contributed by atoms with E-state index in [0.29, 0.717) is 35.1 Å². The zero-order valence-corrected chi connectivity index (χ0v) is 18.2. The van der Waals surface area contributed by atoms with Gasteiger partial charge in [-0.3, -0.25) is 4.79 Å². The highest BCUT2D eigenvalue weighted by atomic mass is 16.5. The number of benzene rings is 1. The van der Waals surface area contributed by atoms with E-state index in [1.165, 1.54) is 6.42 Å². The number of ether oxygens (including phenoxy) is 1. The Balaban J connectivity index is 1.71. The second-order valence-electron chi connectivity index (χ2n) is 8.65. The number of rotatable bonds is 4. The molecule has 3 aromatic heterocycles. The van der Waals surface area contributed by atoms with Crippen molar-refractivity contribution in [3.05, 3.63) is 58.6 Å². The highest BCUT2D eigenvalue weighted by Gasteiger charge is 2.29. The van der Waals surface area contributed by atoms with Gasteiger partial charge in [-0.25, -0.2) is 4.52 Å². The normalized spacial score (nSPS) is 21.7. The average Bonchev–Trinajstić information content (AvgIpc) is 3.15. The summed E-state index contributed by atoms with van der Waals surface area (Å²) >= 11 is 0. The van der Waals surface area contributed by atoms with Gasteiger partial charge in [0.1, 0.15) is 5.52 Å². The number of methoxy groups -OCH3 is 1. The second-order valence-corrected chi connectivity index (χ2v) is 8.65. The number of hydrogen-bond donors (Lipinski definition) is 0. The topological polar surface area (TPSA) is 74.3 Å². The molecule has 0 spiro atoms. The Morgan fingerprint density at radius 2 is 1.90 bits per heavy atom. The van der Waals surface area contributed by atoms with Crippen LogP contribution in [0.15, 0.2) is 47.4 Å². The van der Waals surface area contributed by atoms with Crippen LogP contribution in [0.4, 0.5) is 0 Å². The first kappa shape index (κ1) is 19.9. The molecule has 0 radical (unpaired) electrons. The molecule has 3 heterocycles. The van der Waals surface area contributed by atoms with Gasteiger partial charge in [0.15, 0.2) is 11.2 Å². The van der Waals surface area contributed by atoms with Crippen molar-refractivity contribution in [1.82, 2.24) is 24.4 Å². The summed E-state index contributed by atoms with van der Waals surface area (Å²) in [5.41, 5.74) is 4.21. The van der Waals surface area contributed by atoms with Gasteiger partial charge in [-0.2, -0.15) is 5.10 Å². The van der Waals surface area contributed by atoms with Crippen molar-refractivity contribution in [2.45, 2.75) is 45.8 Å². The third-order valence-corrected chi connectivity index (χ3v) is 6.84. The average molecular weight is 418 g/mol. The molecule has 1 fully saturated rings. The third-order valence-electron chi connectivity index (χ3n) is 6.84. The standard InChI is InChI=1S/C24H27N5O2/c1-15-8-7-11-19(16(15)2)28-13-12-20-22(24(28)30)25-26-23-21(17-9-5-4-6-10-17)18(14-31-3)27-29(20)23/h4-6,9-10,12-13,15-16,19H,7-8,11,14H2,1-3H3/t15-,16+,19-/m1/s1. The lowest BCUT2D eigenvalue weighted by atomic mass is 9.78. The number of pyridine rings is 1. The van der Waals surface area contributed by atoms with E-state index in [0.717, 1.165) is 29.7 Å². The Hall–Kier alpha value is -3.06. The molecule has 4 aromatic rings. The lowest BCUT2D eigenvalue weighted by Crippen LogP contribution is -2.34. The number of aromatic nitrogens is 5. The summed E-state index contributed by atoms with van der Waals surface area (Å²) in [5.74, 6) is 1.05. The van der Waals surface area contributed by atoms with Crippen molar-refractivity contribution in [3.63, 3.8) is 0 Å². The maximum atomic E-state index is 13.4. The van der Waals surface area contributed by atoms with E-state index < -0.39 is 0 Å². The van der Waals surface area contributed by atoms with Gasteiger partial charge in [-0.1, -0.05) is 57.0 Å². The van der Waals surface area contributed by atoms with Crippen LogP contribution in [-0.4, -0.2) is 31.5 Å². The molecule has 7 nitrogen and oxygen atoms in total. The molecule has 0 amide bonds. The zero-order valence-electron chi connectivity index (χ0n) is 18.2. The molecule has 0 bridgehead atoms. The molecule has 5 rings (SSSR count). The van der Waals surface area contributed by atoms with Crippen LogP contribution in [-0.2, 0) is 11.3 Å². The van der Waals surface area contributed by atoms with E-state index in [1.807, 2.05) is 47.2 Å². The first-order chi connectivity index (χ1) is 15.1. The minimum atomic E-state index is -0.0945. The van der Waals surface area contributed by atoms with Crippen molar-refractivity contribution >= 4 is 16.7 Å². The fourth-order valence-corrected chi connectivity index (χ4v) is 4.95. The van der Waals surface area contributed by atoms with Crippen molar-refractivity contribution in [3.8, 4) is 11.1 Å². The zero-order chi connectivity index (χ0) is 21.5. The Kier molecular flexibility index (Phi) is 5.06. The van der Waals surface area contributed by atoms with E-state index >= 15 is 0 Å². The van der Waals surface area contributed by atoms with E-state index in [9.17, 15) is 4.79 Å². The number of hydrogen-bond acceptors (Lipinski definition) is 5. The predicted molar refractivity (Wildman–Crippen MR) is 120 cm³/mol. The minimum Gasteiger partial charge on any atom is -0.378 e. The van der Waals surface area contributed by atoms with Crippen molar-refractivity contribution in [2.24, 2.45) is 11.8 Å². The maximum Gasteiger partial charge on any atom is 0.280 e. The molecule has 1 saturated carbocycles. The van der Waals surface area contributed by atoms with Crippen molar-refractivity contribution in [1.29, 1.82) is 0 Å². The summed E-state index contributed by atoms with van der Waals surface area (Å²) in [5, 5.41) is 13.6. The Morgan fingerprint density at radius 3 is 2.68 bits per heavy atom. The smallest absolute Gasteiger partial charge is 0.280 e. The molecule has 7 heteroatoms. The Labute approximate surface area is 180 Å². The first-order valence-electron chi connectivity index (χ1n) is 10.9. The van der Waals surface area contributed by atoms with Gasteiger partial charge in [0.25, 0.3) is 5.56 Å². The van der Waals surface area contributed by atoms with Gasteiger partial charge in [0.2, 0.25) is 0 Å². The van der Waals surface area contributed by atoms with Crippen LogP contribution >= 0.6 is 0 Å². The molecule has 0 aliphatic heterocycles. The van der Waals surface area contributed by atoms with Gasteiger partial charge in [0, 0.05) is 19.3 Å². The largest absolute Gasteiger partial charge is 0.378 e. The lowest BCUT2D eigenvalue weighted by Gasteiger charge is -2.35. The van der Waals surface area contributed by atoms with Gasteiger partial charge >= 0.3 is 0 Å². The SMILES string of the molecule is COCc1nn2c(nnc3c(=O)n([C@@H]4CCC[C@@H](C)[C@@H]4C)ccc32)c1-c1ccccc1. The van der Waals surface area contributed by atoms with E-state index in [-0.39, 0.29) is 11.6 Å². The van der Waals surface area contributed by atoms with Crippen molar-refractivity contribution < 1.29 is 4.74 Å². The van der Waals surface area contributed by atoms with Crippen LogP contribution in [0.3, 0.4) is 0 Å². The van der Waals surface area contributed by atoms with Gasteiger partial charge in [-0.15, -0.1) is 10.2 Å². The molecular formula is C24H27N5O2. The van der Waals surface area contributed by atoms with Crippen molar-refractivity contribution in [2.75, 3.05) is 7.11 Å². The Bertz CT molecular complexity index is 1290. The molecule has 1 aromatic carbocycles.